The predicted octanol–water partition coefficient (Wildman–Crippen LogP) is 6.59. The molecule has 0 aliphatic carbocycles. The molecule has 2 aliphatic rings. The van der Waals surface area contributed by atoms with Gasteiger partial charge in [0.2, 0.25) is 0 Å². The van der Waals surface area contributed by atoms with Gasteiger partial charge in [-0.25, -0.2) is 0 Å². The Labute approximate surface area is 162 Å². The summed E-state index contributed by atoms with van der Waals surface area (Å²) in [7, 11) is 1.71. The minimum absolute atomic E-state index is 0.0408. The lowest BCUT2D eigenvalue weighted by Crippen LogP contribution is -2.32. The van der Waals surface area contributed by atoms with Crippen LogP contribution in [0.4, 0.5) is 5.69 Å². The third-order valence-electron chi connectivity index (χ3n) is 5.56. The maximum Gasteiger partial charge on any atom is 0.128 e. The minimum Gasteiger partial charge on any atom is -0.497 e. The topological polar surface area (TPSA) is 30.5 Å². The van der Waals surface area contributed by atoms with Crippen molar-refractivity contribution in [3.63, 3.8) is 0 Å². The molecule has 0 fully saturated rings. The molecule has 2 aliphatic heterocycles. The van der Waals surface area contributed by atoms with Gasteiger partial charge in [0.05, 0.1) is 12.6 Å². The summed E-state index contributed by atoms with van der Waals surface area (Å²) < 4.78 is 12.0. The van der Waals surface area contributed by atoms with Crippen LogP contribution in [-0.2, 0) is 0 Å². The zero-order valence-corrected chi connectivity index (χ0v) is 17.0. The first-order valence-corrected chi connectivity index (χ1v) is 9.93. The van der Waals surface area contributed by atoms with Crippen molar-refractivity contribution in [2.75, 3.05) is 12.4 Å². The van der Waals surface area contributed by atoms with E-state index in [-0.39, 0.29) is 11.6 Å². The number of unbranched alkanes of at least 4 members (excludes halogenated alkanes) is 1. The zero-order valence-electron chi connectivity index (χ0n) is 17.0. The molecule has 0 amide bonds. The van der Waals surface area contributed by atoms with Crippen molar-refractivity contribution in [3.05, 3.63) is 47.5 Å². The molecule has 2 aromatic carbocycles. The predicted molar refractivity (Wildman–Crippen MR) is 113 cm³/mol. The van der Waals surface area contributed by atoms with Gasteiger partial charge in [0.15, 0.2) is 0 Å². The largest absolute Gasteiger partial charge is 0.497 e. The molecule has 1 N–H and O–H groups in total. The van der Waals surface area contributed by atoms with Gasteiger partial charge in [-0.2, -0.15) is 0 Å². The number of nitrogens with one attached hydrogen (secondary N) is 1. The van der Waals surface area contributed by atoms with E-state index in [0.717, 1.165) is 29.9 Å². The zero-order chi connectivity index (χ0) is 19.2. The highest BCUT2D eigenvalue weighted by atomic mass is 16.5. The van der Waals surface area contributed by atoms with E-state index in [1.54, 1.807) is 7.11 Å². The van der Waals surface area contributed by atoms with E-state index >= 15 is 0 Å². The molecule has 0 saturated heterocycles. The Morgan fingerprint density at radius 1 is 1.15 bits per heavy atom. The number of hydrogen-bond acceptors (Lipinski definition) is 3. The van der Waals surface area contributed by atoms with Gasteiger partial charge in [0.25, 0.3) is 0 Å². The van der Waals surface area contributed by atoms with Gasteiger partial charge >= 0.3 is 0 Å². The summed E-state index contributed by atoms with van der Waals surface area (Å²) in [4.78, 5) is 0. The van der Waals surface area contributed by atoms with E-state index in [0.29, 0.717) is 0 Å². The van der Waals surface area contributed by atoms with E-state index < -0.39 is 0 Å². The summed E-state index contributed by atoms with van der Waals surface area (Å²) in [6.45, 7) is 8.88. The molecule has 3 nitrogen and oxygen atoms in total. The molecule has 1 atom stereocenters. The monoisotopic (exact) mass is 363 g/mol. The summed E-state index contributed by atoms with van der Waals surface area (Å²) in [5, 5.41) is 3.68. The van der Waals surface area contributed by atoms with Gasteiger partial charge in [-0.15, -0.1) is 0 Å². The number of methoxy groups -OCH3 is 1. The van der Waals surface area contributed by atoms with Gasteiger partial charge in [0, 0.05) is 22.4 Å². The first-order chi connectivity index (χ1) is 12.9. The third-order valence-corrected chi connectivity index (χ3v) is 5.56. The molecule has 0 spiro atoms. The summed E-state index contributed by atoms with van der Waals surface area (Å²) in [5.41, 5.74) is 7.50. The van der Waals surface area contributed by atoms with Crippen molar-refractivity contribution in [1.29, 1.82) is 0 Å². The SMILES string of the molecule is CCCC[C@H]1Oc2ccc(OC)cc2-c2ccc3c(c21)C(C)=CC(C)(C)N3. The van der Waals surface area contributed by atoms with Gasteiger partial charge < -0.3 is 14.8 Å². The second kappa shape index (κ2) is 6.63. The number of anilines is 1. The van der Waals surface area contributed by atoms with Gasteiger partial charge in [-0.3, -0.25) is 0 Å². The molecule has 0 saturated carbocycles. The fourth-order valence-electron chi connectivity index (χ4n) is 4.47. The fourth-order valence-corrected chi connectivity index (χ4v) is 4.47. The lowest BCUT2D eigenvalue weighted by molar-refractivity contribution is 0.187. The molecule has 0 aromatic heterocycles. The van der Waals surface area contributed by atoms with Crippen LogP contribution in [0.3, 0.4) is 0 Å². The Kier molecular flexibility index (Phi) is 4.41. The second-order valence-corrected chi connectivity index (χ2v) is 8.23. The van der Waals surface area contributed by atoms with Crippen LogP contribution in [0.1, 0.15) is 64.2 Å². The molecule has 3 heteroatoms. The number of rotatable bonds is 4. The van der Waals surface area contributed by atoms with Crippen LogP contribution in [0.25, 0.3) is 16.7 Å². The van der Waals surface area contributed by atoms with Crippen LogP contribution in [0.15, 0.2) is 36.4 Å². The Balaban J connectivity index is 1.94. The van der Waals surface area contributed by atoms with Crippen LogP contribution in [0.5, 0.6) is 11.5 Å². The Morgan fingerprint density at radius 2 is 1.96 bits per heavy atom. The molecular weight excluding hydrogens is 334 g/mol. The molecule has 0 unspecified atom stereocenters. The molecule has 2 aromatic rings. The summed E-state index contributed by atoms with van der Waals surface area (Å²) in [6.07, 6.45) is 5.76. The average Bonchev–Trinajstić information content (AvgIpc) is 2.64. The summed E-state index contributed by atoms with van der Waals surface area (Å²) >= 11 is 0. The summed E-state index contributed by atoms with van der Waals surface area (Å²) in [5.74, 6) is 1.81. The van der Waals surface area contributed by atoms with Crippen LogP contribution in [0, 0.1) is 0 Å². The van der Waals surface area contributed by atoms with E-state index in [1.807, 2.05) is 12.1 Å². The van der Waals surface area contributed by atoms with Crippen molar-refractivity contribution < 1.29 is 9.47 Å². The van der Waals surface area contributed by atoms with Crippen molar-refractivity contribution in [2.45, 2.75) is 58.6 Å². The highest BCUT2D eigenvalue weighted by Crippen LogP contribution is 2.50. The van der Waals surface area contributed by atoms with Crippen LogP contribution in [0.2, 0.25) is 0 Å². The molecule has 2 heterocycles. The quantitative estimate of drug-likeness (QED) is 0.664. The van der Waals surface area contributed by atoms with Crippen molar-refractivity contribution in [3.8, 4) is 22.6 Å². The van der Waals surface area contributed by atoms with E-state index in [1.165, 1.54) is 34.4 Å². The number of benzene rings is 2. The normalized spacial score (nSPS) is 19.0. The Hall–Kier alpha value is -2.42. The Bertz CT molecular complexity index is 911. The molecule has 27 heavy (non-hydrogen) atoms. The average molecular weight is 364 g/mol. The lowest BCUT2D eigenvalue weighted by Gasteiger charge is -2.37. The molecular formula is C24H29NO2. The molecule has 142 valence electrons. The summed E-state index contributed by atoms with van der Waals surface area (Å²) in [6, 6.07) is 10.6. The van der Waals surface area contributed by atoms with Crippen molar-refractivity contribution in [2.24, 2.45) is 0 Å². The highest BCUT2D eigenvalue weighted by Gasteiger charge is 2.33. The Morgan fingerprint density at radius 3 is 2.70 bits per heavy atom. The van der Waals surface area contributed by atoms with Gasteiger partial charge in [-0.1, -0.05) is 25.5 Å². The van der Waals surface area contributed by atoms with Crippen LogP contribution in [-0.4, -0.2) is 12.6 Å². The van der Waals surface area contributed by atoms with Crippen molar-refractivity contribution >= 4 is 11.3 Å². The number of ether oxygens (including phenoxy) is 2. The standard InChI is InChI=1S/C24H29NO2/c1-6-7-8-21-23-17(18-13-16(26-5)9-12-20(18)27-21)10-11-19-22(23)15(2)14-24(3,4)25-19/h9-14,21,25H,6-8H2,1-5H3/t21-/m1/s1. The van der Waals surface area contributed by atoms with E-state index in [2.05, 4.69) is 57.3 Å². The first kappa shape index (κ1) is 18.0. The number of allylic oxidation sites excluding steroid dienone is 1. The van der Waals surface area contributed by atoms with E-state index in [4.69, 9.17) is 9.47 Å². The second-order valence-electron chi connectivity index (χ2n) is 8.23. The highest BCUT2D eigenvalue weighted by molar-refractivity contribution is 5.90. The van der Waals surface area contributed by atoms with Crippen LogP contribution < -0.4 is 14.8 Å². The number of fused-ring (bicyclic) bond motifs is 5. The smallest absolute Gasteiger partial charge is 0.128 e. The first-order valence-electron chi connectivity index (χ1n) is 9.93. The lowest BCUT2D eigenvalue weighted by atomic mass is 9.81. The third kappa shape index (κ3) is 3.09. The molecule has 4 rings (SSSR count). The maximum absolute atomic E-state index is 6.52. The molecule has 0 radical (unpaired) electrons. The molecule has 0 bridgehead atoms. The maximum atomic E-state index is 6.52. The van der Waals surface area contributed by atoms with Gasteiger partial charge in [0.1, 0.15) is 17.6 Å². The number of hydrogen-bond donors (Lipinski definition) is 1. The van der Waals surface area contributed by atoms with E-state index in [9.17, 15) is 0 Å². The fraction of sp³-hybridized carbons (Fsp3) is 0.417. The van der Waals surface area contributed by atoms with Gasteiger partial charge in [-0.05, 0) is 69.0 Å². The van der Waals surface area contributed by atoms with Crippen molar-refractivity contribution in [1.82, 2.24) is 0 Å². The van der Waals surface area contributed by atoms with Crippen LogP contribution >= 0.6 is 0 Å². The minimum atomic E-state index is -0.0408.